The van der Waals surface area contributed by atoms with Crippen molar-refractivity contribution in [2.24, 2.45) is 0 Å². The van der Waals surface area contributed by atoms with Crippen LogP contribution in [-0.2, 0) is 29.1 Å². The van der Waals surface area contributed by atoms with E-state index in [1.165, 1.54) is 30.0 Å². The molecule has 2 amide bonds. The number of nitrogens with one attached hydrogen (secondary N) is 2. The number of hydrogen-bond acceptors (Lipinski definition) is 6. The molecule has 11 heteroatoms. The fourth-order valence-electron chi connectivity index (χ4n) is 2.94. The number of amides is 2. The lowest BCUT2D eigenvalue weighted by Gasteiger charge is -2.09. The summed E-state index contributed by atoms with van der Waals surface area (Å²) >= 11 is 6.95. The predicted molar refractivity (Wildman–Crippen MR) is 125 cm³/mol. The van der Waals surface area contributed by atoms with E-state index < -0.39 is 5.82 Å². The van der Waals surface area contributed by atoms with Gasteiger partial charge in [-0.1, -0.05) is 35.5 Å². The summed E-state index contributed by atoms with van der Waals surface area (Å²) in [5, 5.41) is 14.3. The van der Waals surface area contributed by atoms with Gasteiger partial charge in [-0.2, -0.15) is 0 Å². The highest BCUT2D eigenvalue weighted by atomic mass is 35.5. The van der Waals surface area contributed by atoms with Crippen LogP contribution in [0, 0.1) is 5.82 Å². The number of ether oxygens (including phenoxy) is 1. The number of rotatable bonds is 10. The fourth-order valence-corrected chi connectivity index (χ4v) is 3.95. The Bertz CT molecular complexity index is 1120. The van der Waals surface area contributed by atoms with Crippen molar-refractivity contribution in [2.75, 3.05) is 18.2 Å². The number of thioether (sulfide) groups is 1. The monoisotopic (exact) mass is 491 g/mol. The van der Waals surface area contributed by atoms with E-state index in [2.05, 4.69) is 20.8 Å². The largest absolute Gasteiger partial charge is 0.497 e. The third-order valence-electron chi connectivity index (χ3n) is 4.61. The summed E-state index contributed by atoms with van der Waals surface area (Å²) in [5.74, 6) is 0.421. The Morgan fingerprint density at radius 1 is 1.15 bits per heavy atom. The van der Waals surface area contributed by atoms with E-state index in [4.69, 9.17) is 16.3 Å². The lowest BCUT2D eigenvalue weighted by Crippen LogP contribution is -2.26. The van der Waals surface area contributed by atoms with E-state index >= 15 is 0 Å². The van der Waals surface area contributed by atoms with Crippen LogP contribution in [0.25, 0.3) is 0 Å². The third kappa shape index (κ3) is 6.93. The summed E-state index contributed by atoms with van der Waals surface area (Å²) in [6.45, 7) is 2.72. The molecule has 2 N–H and O–H groups in total. The number of methoxy groups -OCH3 is 1. The molecule has 33 heavy (non-hydrogen) atoms. The molecule has 174 valence electrons. The normalized spacial score (nSPS) is 10.7. The number of benzene rings is 2. The van der Waals surface area contributed by atoms with Gasteiger partial charge in [-0.25, -0.2) is 4.39 Å². The average Bonchev–Trinajstić information content (AvgIpc) is 3.21. The molecule has 0 unspecified atom stereocenters. The summed E-state index contributed by atoms with van der Waals surface area (Å²) in [4.78, 5) is 24.5. The Labute approximate surface area is 199 Å². The van der Waals surface area contributed by atoms with Crippen molar-refractivity contribution in [3.63, 3.8) is 0 Å². The van der Waals surface area contributed by atoms with Gasteiger partial charge in [-0.05, 0) is 42.8 Å². The first kappa shape index (κ1) is 24.5. The lowest BCUT2D eigenvalue weighted by atomic mass is 10.1. The van der Waals surface area contributed by atoms with Crippen molar-refractivity contribution >= 4 is 40.9 Å². The second-order valence-electron chi connectivity index (χ2n) is 6.91. The van der Waals surface area contributed by atoms with Gasteiger partial charge in [0.2, 0.25) is 11.8 Å². The molecule has 0 aliphatic heterocycles. The minimum absolute atomic E-state index is 0.0649. The Hall–Kier alpha value is -3.11. The van der Waals surface area contributed by atoms with Gasteiger partial charge in [0.15, 0.2) is 11.0 Å². The summed E-state index contributed by atoms with van der Waals surface area (Å²) in [6.07, 6.45) is 0.236. The summed E-state index contributed by atoms with van der Waals surface area (Å²) < 4.78 is 20.2. The van der Waals surface area contributed by atoms with Gasteiger partial charge in [-0.3, -0.25) is 9.59 Å². The summed E-state index contributed by atoms with van der Waals surface area (Å²) in [5.41, 5.74) is 1.28. The van der Waals surface area contributed by atoms with Crippen LogP contribution in [0.15, 0.2) is 47.6 Å². The van der Waals surface area contributed by atoms with Crippen LogP contribution >= 0.6 is 23.4 Å². The maximum atomic E-state index is 13.2. The quantitative estimate of drug-likeness (QED) is 0.420. The molecule has 0 spiro atoms. The molecule has 1 heterocycles. The Kier molecular flexibility index (Phi) is 8.67. The van der Waals surface area contributed by atoms with Crippen LogP contribution in [0.2, 0.25) is 5.02 Å². The fraction of sp³-hybridized carbons (Fsp3) is 0.273. The number of nitrogens with zero attached hydrogens (tertiary/aromatic N) is 3. The molecule has 1 aromatic heterocycles. The zero-order chi connectivity index (χ0) is 23.8. The molecule has 3 aromatic rings. The van der Waals surface area contributed by atoms with Crippen LogP contribution in [-0.4, -0.2) is 39.4 Å². The molecule has 0 bridgehead atoms. The Balaban J connectivity index is 1.51. The number of aromatic nitrogens is 3. The average molecular weight is 492 g/mol. The van der Waals surface area contributed by atoms with Crippen molar-refractivity contribution in [3.05, 3.63) is 64.7 Å². The van der Waals surface area contributed by atoms with Crippen LogP contribution in [0.3, 0.4) is 0 Å². The van der Waals surface area contributed by atoms with Gasteiger partial charge in [0.1, 0.15) is 11.6 Å². The van der Waals surface area contributed by atoms with Crippen LogP contribution in [0.5, 0.6) is 5.75 Å². The summed E-state index contributed by atoms with van der Waals surface area (Å²) in [7, 11) is 1.59. The smallest absolute Gasteiger partial charge is 0.234 e. The van der Waals surface area contributed by atoms with Gasteiger partial charge in [0.05, 0.1) is 30.9 Å². The first-order valence-electron chi connectivity index (χ1n) is 10.1. The molecule has 2 aromatic carbocycles. The van der Waals surface area contributed by atoms with Crippen molar-refractivity contribution in [2.45, 2.75) is 31.6 Å². The zero-order valence-corrected chi connectivity index (χ0v) is 19.7. The highest BCUT2D eigenvalue weighted by Gasteiger charge is 2.14. The molecule has 0 saturated carbocycles. The summed E-state index contributed by atoms with van der Waals surface area (Å²) in [6, 6.07) is 11.3. The zero-order valence-electron chi connectivity index (χ0n) is 18.1. The maximum Gasteiger partial charge on any atom is 0.234 e. The first-order valence-corrected chi connectivity index (χ1v) is 11.4. The highest BCUT2D eigenvalue weighted by molar-refractivity contribution is 7.99. The molecule has 0 aliphatic carbocycles. The molecule has 0 saturated heterocycles. The topological polar surface area (TPSA) is 98.1 Å². The molecular weight excluding hydrogens is 469 g/mol. The highest BCUT2D eigenvalue weighted by Crippen LogP contribution is 2.21. The molecule has 0 radical (unpaired) electrons. The SMILES string of the molecule is CCn1c(CNC(=O)Cc2ccc(OC)cc2)nnc1SCC(=O)Nc1ccc(F)c(Cl)c1. The van der Waals surface area contributed by atoms with Crippen molar-refractivity contribution in [3.8, 4) is 5.75 Å². The molecule has 3 rings (SSSR count). The van der Waals surface area contributed by atoms with E-state index in [0.29, 0.717) is 23.2 Å². The van der Waals surface area contributed by atoms with Crippen LogP contribution in [0.4, 0.5) is 10.1 Å². The molecule has 8 nitrogen and oxygen atoms in total. The molecule has 0 aliphatic rings. The van der Waals surface area contributed by atoms with Crippen molar-refractivity contribution in [1.82, 2.24) is 20.1 Å². The standard InChI is InChI=1S/C22H23ClFN5O3S/c1-3-29-19(12-25-20(30)10-14-4-7-16(32-2)8-5-14)27-28-22(29)33-13-21(31)26-15-6-9-18(24)17(23)11-15/h4-9,11H,3,10,12-13H2,1-2H3,(H,25,30)(H,26,31). The van der Waals surface area contributed by atoms with E-state index in [1.807, 2.05) is 23.6 Å². The van der Waals surface area contributed by atoms with E-state index in [9.17, 15) is 14.0 Å². The number of carbonyl (C=O) groups excluding carboxylic acids is 2. The van der Waals surface area contributed by atoms with Gasteiger partial charge in [0.25, 0.3) is 0 Å². The van der Waals surface area contributed by atoms with Gasteiger partial charge in [-0.15, -0.1) is 10.2 Å². The molecule has 0 fully saturated rings. The second-order valence-corrected chi connectivity index (χ2v) is 8.26. The second kappa shape index (κ2) is 11.7. The number of halogens is 2. The van der Waals surface area contributed by atoms with E-state index in [0.717, 1.165) is 11.3 Å². The van der Waals surface area contributed by atoms with Crippen LogP contribution < -0.4 is 15.4 Å². The van der Waals surface area contributed by atoms with Crippen molar-refractivity contribution in [1.29, 1.82) is 0 Å². The van der Waals surface area contributed by atoms with Gasteiger partial charge in [0, 0.05) is 12.2 Å². The van der Waals surface area contributed by atoms with Gasteiger partial charge < -0.3 is 19.9 Å². The molecule has 0 atom stereocenters. The minimum Gasteiger partial charge on any atom is -0.497 e. The number of anilines is 1. The Morgan fingerprint density at radius 3 is 2.58 bits per heavy atom. The number of carbonyl (C=O) groups is 2. The van der Waals surface area contributed by atoms with Crippen LogP contribution in [0.1, 0.15) is 18.3 Å². The van der Waals surface area contributed by atoms with Gasteiger partial charge >= 0.3 is 0 Å². The third-order valence-corrected chi connectivity index (χ3v) is 5.87. The first-order chi connectivity index (χ1) is 15.9. The predicted octanol–water partition coefficient (Wildman–Crippen LogP) is 3.69. The Morgan fingerprint density at radius 2 is 1.91 bits per heavy atom. The lowest BCUT2D eigenvalue weighted by molar-refractivity contribution is -0.120. The van der Waals surface area contributed by atoms with E-state index in [-0.39, 0.29) is 35.6 Å². The molecular formula is C22H23ClFN5O3S. The minimum atomic E-state index is -0.552. The maximum absolute atomic E-state index is 13.2. The number of hydrogen-bond donors (Lipinski definition) is 2. The van der Waals surface area contributed by atoms with E-state index in [1.54, 1.807) is 19.2 Å². The van der Waals surface area contributed by atoms with Crippen molar-refractivity contribution < 1.29 is 18.7 Å².